The molecule has 1 aliphatic heterocycles. The first-order chi connectivity index (χ1) is 14.2. The van der Waals surface area contributed by atoms with E-state index in [0.29, 0.717) is 24.3 Å². The number of piperidine rings is 1. The van der Waals surface area contributed by atoms with Crippen molar-refractivity contribution in [2.24, 2.45) is 11.8 Å². The minimum absolute atomic E-state index is 0.128. The van der Waals surface area contributed by atoms with E-state index in [1.165, 1.54) is 0 Å². The zero-order chi connectivity index (χ0) is 21.7. The lowest BCUT2D eigenvalue weighted by atomic mass is 9.80. The lowest BCUT2D eigenvalue weighted by molar-refractivity contribution is -0.138. The molecule has 1 saturated heterocycles. The van der Waals surface area contributed by atoms with Crippen molar-refractivity contribution in [3.8, 4) is 0 Å². The Hall–Kier alpha value is -2.18. The molecular formula is C23H36N4O3. The molecule has 0 radical (unpaired) electrons. The molecule has 0 aromatic carbocycles. The van der Waals surface area contributed by atoms with Gasteiger partial charge >= 0.3 is 6.09 Å². The second-order valence-corrected chi connectivity index (χ2v) is 9.81. The molecule has 2 heterocycles. The summed E-state index contributed by atoms with van der Waals surface area (Å²) in [6.45, 7) is 7.97. The Labute approximate surface area is 180 Å². The van der Waals surface area contributed by atoms with Gasteiger partial charge < -0.3 is 14.5 Å². The van der Waals surface area contributed by atoms with Crippen LogP contribution in [-0.2, 0) is 9.53 Å². The van der Waals surface area contributed by atoms with Crippen LogP contribution in [0.4, 0.5) is 4.79 Å². The lowest BCUT2D eigenvalue weighted by Gasteiger charge is -2.37. The zero-order valence-corrected chi connectivity index (χ0v) is 18.8. The maximum Gasteiger partial charge on any atom is 0.410 e. The van der Waals surface area contributed by atoms with Gasteiger partial charge in [-0.15, -0.1) is 0 Å². The quantitative estimate of drug-likeness (QED) is 0.745. The summed E-state index contributed by atoms with van der Waals surface area (Å²) in [4.78, 5) is 37.3. The van der Waals surface area contributed by atoms with Crippen molar-refractivity contribution < 1.29 is 14.3 Å². The fraction of sp³-hybridized carbons (Fsp3) is 0.739. The molecule has 30 heavy (non-hydrogen) atoms. The molecule has 2 fully saturated rings. The van der Waals surface area contributed by atoms with Crippen LogP contribution < -0.4 is 0 Å². The van der Waals surface area contributed by atoms with Gasteiger partial charge in [0.05, 0.1) is 0 Å². The summed E-state index contributed by atoms with van der Waals surface area (Å²) in [5.41, 5.74) is 0.614. The largest absolute Gasteiger partial charge is 0.444 e. The molecule has 1 aliphatic carbocycles. The second-order valence-electron chi connectivity index (χ2n) is 9.81. The minimum Gasteiger partial charge on any atom is -0.444 e. The molecule has 3 rings (SSSR count). The third kappa shape index (κ3) is 6.16. The van der Waals surface area contributed by atoms with Gasteiger partial charge in [0.25, 0.3) is 0 Å². The summed E-state index contributed by atoms with van der Waals surface area (Å²) < 4.78 is 5.44. The Morgan fingerprint density at radius 1 is 1.13 bits per heavy atom. The Morgan fingerprint density at radius 2 is 1.80 bits per heavy atom. The highest BCUT2D eigenvalue weighted by atomic mass is 16.6. The van der Waals surface area contributed by atoms with Crippen molar-refractivity contribution in [3.05, 3.63) is 24.3 Å². The molecule has 0 N–H and O–H groups in total. The zero-order valence-electron chi connectivity index (χ0n) is 18.8. The molecule has 1 aromatic heterocycles. The van der Waals surface area contributed by atoms with Gasteiger partial charge in [-0.05, 0) is 71.3 Å². The van der Waals surface area contributed by atoms with E-state index in [2.05, 4.69) is 14.9 Å². The third-order valence-corrected chi connectivity index (χ3v) is 6.26. The average molecular weight is 417 g/mol. The SMILES string of the molecule is CN(CC1CCC(C(=O)N2CCC(c3ccncn3)CC2)CC1)C(=O)OC(C)(C)C. The number of carbonyl (C=O) groups excluding carboxylic acids is 2. The first-order valence-electron chi connectivity index (χ1n) is 11.2. The third-order valence-electron chi connectivity index (χ3n) is 6.26. The van der Waals surface area contributed by atoms with Gasteiger partial charge in [0.15, 0.2) is 0 Å². The smallest absolute Gasteiger partial charge is 0.410 e. The van der Waals surface area contributed by atoms with E-state index in [0.717, 1.165) is 57.3 Å². The predicted molar refractivity (Wildman–Crippen MR) is 115 cm³/mol. The summed E-state index contributed by atoms with van der Waals surface area (Å²) in [5, 5.41) is 0. The van der Waals surface area contributed by atoms with E-state index in [1.54, 1.807) is 24.5 Å². The van der Waals surface area contributed by atoms with E-state index in [9.17, 15) is 9.59 Å². The number of hydrogen-bond donors (Lipinski definition) is 0. The maximum atomic E-state index is 13.0. The van der Waals surface area contributed by atoms with Crippen molar-refractivity contribution in [3.63, 3.8) is 0 Å². The number of hydrogen-bond acceptors (Lipinski definition) is 5. The fourth-order valence-electron chi connectivity index (χ4n) is 4.59. The van der Waals surface area contributed by atoms with Crippen molar-refractivity contribution in [1.29, 1.82) is 0 Å². The molecule has 7 heteroatoms. The minimum atomic E-state index is -0.476. The number of amides is 2. The number of rotatable bonds is 4. The molecule has 7 nitrogen and oxygen atoms in total. The van der Waals surface area contributed by atoms with Gasteiger partial charge in [-0.25, -0.2) is 14.8 Å². The summed E-state index contributed by atoms with van der Waals surface area (Å²) in [6, 6.07) is 1.98. The summed E-state index contributed by atoms with van der Waals surface area (Å²) >= 11 is 0. The number of ether oxygens (including phenoxy) is 1. The van der Waals surface area contributed by atoms with E-state index < -0.39 is 5.60 Å². The van der Waals surface area contributed by atoms with Crippen molar-refractivity contribution in [1.82, 2.24) is 19.8 Å². The van der Waals surface area contributed by atoms with E-state index in [4.69, 9.17) is 4.74 Å². The first kappa shape index (κ1) is 22.5. The first-order valence-corrected chi connectivity index (χ1v) is 11.2. The second kappa shape index (κ2) is 9.75. The van der Waals surface area contributed by atoms with Crippen LogP contribution in [0.15, 0.2) is 18.6 Å². The van der Waals surface area contributed by atoms with Gasteiger partial charge in [0.2, 0.25) is 5.91 Å². The molecule has 0 bridgehead atoms. The molecule has 2 aliphatic rings. The van der Waals surface area contributed by atoms with Crippen LogP contribution in [-0.4, -0.2) is 64.1 Å². The molecule has 1 aromatic rings. The van der Waals surface area contributed by atoms with Crippen LogP contribution in [0, 0.1) is 11.8 Å². The van der Waals surface area contributed by atoms with Crippen LogP contribution in [0.3, 0.4) is 0 Å². The van der Waals surface area contributed by atoms with Crippen molar-refractivity contribution in [2.75, 3.05) is 26.7 Å². The van der Waals surface area contributed by atoms with Gasteiger partial charge in [-0.2, -0.15) is 0 Å². The summed E-state index contributed by atoms with van der Waals surface area (Å²) in [7, 11) is 1.80. The molecule has 0 atom stereocenters. The Kier molecular flexibility index (Phi) is 7.32. The molecule has 166 valence electrons. The highest BCUT2D eigenvalue weighted by molar-refractivity contribution is 5.79. The van der Waals surface area contributed by atoms with Gasteiger partial charge in [-0.1, -0.05) is 0 Å². The molecule has 0 spiro atoms. The highest BCUT2D eigenvalue weighted by Gasteiger charge is 2.33. The van der Waals surface area contributed by atoms with Crippen LogP contribution >= 0.6 is 0 Å². The number of aromatic nitrogens is 2. The highest BCUT2D eigenvalue weighted by Crippen LogP contribution is 2.33. The van der Waals surface area contributed by atoms with Crippen molar-refractivity contribution in [2.45, 2.75) is 70.8 Å². The Bertz CT molecular complexity index is 703. The number of nitrogens with zero attached hydrogens (tertiary/aromatic N) is 4. The maximum absolute atomic E-state index is 13.0. The van der Waals surface area contributed by atoms with Gasteiger partial charge in [0.1, 0.15) is 11.9 Å². The van der Waals surface area contributed by atoms with Crippen molar-refractivity contribution >= 4 is 12.0 Å². The standard InChI is InChI=1S/C23H36N4O3/c1-23(2,3)30-22(29)26(4)15-17-5-7-19(8-6-17)21(28)27-13-10-18(11-14-27)20-9-12-24-16-25-20/h9,12,16-19H,5-8,10-11,13-15H2,1-4H3. The Balaban J connectivity index is 1.41. The summed E-state index contributed by atoms with van der Waals surface area (Å²) in [6.07, 6.45) is 8.87. The number of likely N-dealkylation sites (tertiary alicyclic amines) is 1. The number of carbonyl (C=O) groups is 2. The normalized spacial score (nSPS) is 23.1. The molecule has 2 amide bonds. The van der Waals surface area contributed by atoms with E-state index in [-0.39, 0.29) is 12.0 Å². The van der Waals surface area contributed by atoms with Crippen LogP contribution in [0.2, 0.25) is 0 Å². The molecule has 1 saturated carbocycles. The lowest BCUT2D eigenvalue weighted by Crippen LogP contribution is -2.43. The van der Waals surface area contributed by atoms with E-state index >= 15 is 0 Å². The van der Waals surface area contributed by atoms with Gasteiger partial charge in [-0.3, -0.25) is 4.79 Å². The van der Waals surface area contributed by atoms with Crippen LogP contribution in [0.5, 0.6) is 0 Å². The topological polar surface area (TPSA) is 75.6 Å². The average Bonchev–Trinajstić information content (AvgIpc) is 2.73. The van der Waals surface area contributed by atoms with Crippen LogP contribution in [0.25, 0.3) is 0 Å². The fourth-order valence-corrected chi connectivity index (χ4v) is 4.59. The molecule has 0 unspecified atom stereocenters. The Morgan fingerprint density at radius 3 is 2.37 bits per heavy atom. The van der Waals surface area contributed by atoms with Crippen LogP contribution in [0.1, 0.15) is 70.9 Å². The van der Waals surface area contributed by atoms with E-state index in [1.807, 2.05) is 26.8 Å². The monoisotopic (exact) mass is 416 g/mol. The summed E-state index contributed by atoms with van der Waals surface area (Å²) in [5.74, 6) is 1.31. The van der Waals surface area contributed by atoms with Gasteiger partial charge in [0, 0.05) is 50.4 Å². The predicted octanol–water partition coefficient (Wildman–Crippen LogP) is 3.86. The molecular weight excluding hydrogens is 380 g/mol.